The Hall–Kier alpha value is -2.30. The van der Waals surface area contributed by atoms with Gasteiger partial charge in [0.25, 0.3) is 5.91 Å². The summed E-state index contributed by atoms with van der Waals surface area (Å²) < 4.78 is 13.9. The van der Waals surface area contributed by atoms with Gasteiger partial charge in [-0.1, -0.05) is 45.8 Å². The summed E-state index contributed by atoms with van der Waals surface area (Å²) in [6, 6.07) is 19.7. The van der Waals surface area contributed by atoms with Crippen LogP contribution in [-0.4, -0.2) is 17.7 Å². The van der Waals surface area contributed by atoms with Crippen molar-refractivity contribution in [3.05, 3.63) is 90.3 Å². The molecule has 1 aliphatic rings. The SMILES string of the molecule is CCOc1cc(/C=C2/SC(=Nc3ccc(C)cc3)NC2=O)cc(I)c1OCc1ccc(Br)cc1. The summed E-state index contributed by atoms with van der Waals surface area (Å²) >= 11 is 7.01. The summed E-state index contributed by atoms with van der Waals surface area (Å²) in [5.41, 5.74) is 3.89. The van der Waals surface area contributed by atoms with E-state index in [1.807, 2.05) is 80.6 Å². The molecular weight excluding hydrogens is 627 g/mol. The zero-order chi connectivity index (χ0) is 24.1. The number of carbonyl (C=O) groups excluding carboxylic acids is 1. The van der Waals surface area contributed by atoms with Crippen molar-refractivity contribution < 1.29 is 14.3 Å². The van der Waals surface area contributed by atoms with Gasteiger partial charge in [0.15, 0.2) is 16.7 Å². The highest BCUT2D eigenvalue weighted by molar-refractivity contribution is 14.1. The molecule has 0 aromatic heterocycles. The average molecular weight is 649 g/mol. The van der Waals surface area contributed by atoms with E-state index in [0.29, 0.717) is 34.8 Å². The molecule has 0 saturated carbocycles. The third-order valence-corrected chi connectivity index (χ3v) is 7.08. The monoisotopic (exact) mass is 648 g/mol. The number of rotatable bonds is 7. The summed E-state index contributed by atoms with van der Waals surface area (Å²) in [5.74, 6) is 1.17. The third kappa shape index (κ3) is 6.43. The van der Waals surface area contributed by atoms with Crippen molar-refractivity contribution >= 4 is 73.1 Å². The van der Waals surface area contributed by atoms with E-state index >= 15 is 0 Å². The van der Waals surface area contributed by atoms with Crippen molar-refractivity contribution in [2.75, 3.05) is 6.61 Å². The van der Waals surface area contributed by atoms with Crippen molar-refractivity contribution in [2.24, 2.45) is 4.99 Å². The number of ether oxygens (including phenoxy) is 2. The Morgan fingerprint density at radius 2 is 1.82 bits per heavy atom. The van der Waals surface area contributed by atoms with E-state index in [0.717, 1.165) is 30.4 Å². The number of halogens is 2. The fourth-order valence-electron chi connectivity index (χ4n) is 3.18. The van der Waals surface area contributed by atoms with Gasteiger partial charge >= 0.3 is 0 Å². The van der Waals surface area contributed by atoms with Gasteiger partial charge in [0.2, 0.25) is 0 Å². The fraction of sp³-hybridized carbons (Fsp3) is 0.154. The largest absolute Gasteiger partial charge is 0.490 e. The second-order valence-electron chi connectivity index (χ2n) is 7.50. The fourth-order valence-corrected chi connectivity index (χ4v) is 5.07. The summed E-state index contributed by atoms with van der Waals surface area (Å²) in [5, 5.41) is 3.40. The van der Waals surface area contributed by atoms with Crippen molar-refractivity contribution in [3.8, 4) is 11.5 Å². The predicted molar refractivity (Wildman–Crippen MR) is 151 cm³/mol. The maximum Gasteiger partial charge on any atom is 0.264 e. The van der Waals surface area contributed by atoms with Crippen LogP contribution in [-0.2, 0) is 11.4 Å². The number of amides is 1. The highest BCUT2D eigenvalue weighted by Crippen LogP contribution is 2.37. The van der Waals surface area contributed by atoms with E-state index < -0.39 is 0 Å². The molecule has 3 aromatic carbocycles. The molecule has 0 spiro atoms. The Kier molecular flexibility index (Phi) is 8.33. The van der Waals surface area contributed by atoms with Crippen LogP contribution in [0.5, 0.6) is 11.5 Å². The van der Waals surface area contributed by atoms with Gasteiger partial charge in [0.05, 0.1) is 20.8 Å². The first-order chi connectivity index (χ1) is 16.4. The maximum absolute atomic E-state index is 12.5. The van der Waals surface area contributed by atoms with Gasteiger partial charge < -0.3 is 14.8 Å². The normalized spacial score (nSPS) is 15.6. The summed E-state index contributed by atoms with van der Waals surface area (Å²) in [6.45, 7) is 4.90. The van der Waals surface area contributed by atoms with Crippen LogP contribution in [0, 0.1) is 10.5 Å². The molecule has 4 rings (SSSR count). The van der Waals surface area contributed by atoms with Crippen molar-refractivity contribution in [2.45, 2.75) is 20.5 Å². The molecule has 1 N–H and O–H groups in total. The van der Waals surface area contributed by atoms with Crippen LogP contribution >= 0.6 is 50.3 Å². The minimum absolute atomic E-state index is 0.167. The highest BCUT2D eigenvalue weighted by atomic mass is 127. The van der Waals surface area contributed by atoms with E-state index in [2.05, 4.69) is 48.8 Å². The summed E-state index contributed by atoms with van der Waals surface area (Å²) in [4.78, 5) is 17.6. The van der Waals surface area contributed by atoms with Crippen LogP contribution < -0.4 is 14.8 Å². The molecule has 0 bridgehead atoms. The van der Waals surface area contributed by atoms with Gasteiger partial charge in [0.1, 0.15) is 6.61 Å². The van der Waals surface area contributed by atoms with Gasteiger partial charge in [-0.3, -0.25) is 4.79 Å². The number of aliphatic imine (C=N–C) groups is 1. The number of benzene rings is 3. The number of hydrogen-bond acceptors (Lipinski definition) is 5. The van der Waals surface area contributed by atoms with Crippen LogP contribution in [0.1, 0.15) is 23.6 Å². The molecule has 1 saturated heterocycles. The standard InChI is InChI=1S/C26H22BrIN2O3S/c1-3-32-22-13-18(12-21(28)24(22)33-15-17-6-8-19(27)9-7-17)14-23-25(31)30-26(34-23)29-20-10-4-16(2)5-11-20/h4-14H,3,15H2,1-2H3,(H,29,30,31)/b23-14+. The molecule has 0 atom stereocenters. The zero-order valence-corrected chi connectivity index (χ0v) is 23.2. The second-order valence-corrected chi connectivity index (χ2v) is 10.6. The molecule has 1 heterocycles. The topological polar surface area (TPSA) is 59.9 Å². The highest BCUT2D eigenvalue weighted by Gasteiger charge is 2.24. The first-order valence-electron chi connectivity index (χ1n) is 10.6. The quantitative estimate of drug-likeness (QED) is 0.217. The first-order valence-corrected chi connectivity index (χ1v) is 13.3. The maximum atomic E-state index is 12.5. The number of amidine groups is 1. The molecule has 0 unspecified atom stereocenters. The van der Waals surface area contributed by atoms with Gasteiger partial charge in [-0.2, -0.15) is 0 Å². The lowest BCUT2D eigenvalue weighted by atomic mass is 10.2. The summed E-state index contributed by atoms with van der Waals surface area (Å²) in [6.07, 6.45) is 1.85. The number of carbonyl (C=O) groups is 1. The molecule has 1 aliphatic heterocycles. The second kappa shape index (κ2) is 11.4. The van der Waals surface area contributed by atoms with Crippen LogP contribution in [0.4, 0.5) is 5.69 Å². The number of nitrogens with one attached hydrogen (secondary N) is 1. The molecule has 3 aromatic rings. The minimum atomic E-state index is -0.167. The Labute approximate surface area is 225 Å². The molecule has 0 aliphatic carbocycles. The molecule has 5 nitrogen and oxygen atoms in total. The van der Waals surface area contributed by atoms with E-state index in [9.17, 15) is 4.79 Å². The van der Waals surface area contributed by atoms with Crippen molar-refractivity contribution in [3.63, 3.8) is 0 Å². The van der Waals surface area contributed by atoms with E-state index in [-0.39, 0.29) is 5.91 Å². The molecule has 0 radical (unpaired) electrons. The lowest BCUT2D eigenvalue weighted by molar-refractivity contribution is -0.115. The lowest BCUT2D eigenvalue weighted by Crippen LogP contribution is -2.19. The number of hydrogen-bond donors (Lipinski definition) is 1. The number of nitrogens with zero attached hydrogens (tertiary/aromatic N) is 1. The molecule has 174 valence electrons. The van der Waals surface area contributed by atoms with Gasteiger partial charge in [-0.15, -0.1) is 0 Å². The van der Waals surface area contributed by atoms with Crippen LogP contribution in [0.3, 0.4) is 0 Å². The Morgan fingerprint density at radius 1 is 1.09 bits per heavy atom. The number of thioether (sulfide) groups is 1. The van der Waals surface area contributed by atoms with Crippen LogP contribution in [0.2, 0.25) is 0 Å². The average Bonchev–Trinajstić information content (AvgIpc) is 3.14. The number of aryl methyl sites for hydroxylation is 1. The van der Waals surface area contributed by atoms with E-state index in [1.165, 1.54) is 11.8 Å². The van der Waals surface area contributed by atoms with Crippen molar-refractivity contribution in [1.82, 2.24) is 5.32 Å². The smallest absolute Gasteiger partial charge is 0.264 e. The minimum Gasteiger partial charge on any atom is -0.490 e. The van der Waals surface area contributed by atoms with Gasteiger partial charge in [-0.25, -0.2) is 4.99 Å². The zero-order valence-electron chi connectivity index (χ0n) is 18.6. The molecule has 34 heavy (non-hydrogen) atoms. The lowest BCUT2D eigenvalue weighted by Gasteiger charge is -2.15. The Balaban J connectivity index is 1.54. The Bertz CT molecular complexity index is 1260. The molecular formula is C26H22BrIN2O3S. The predicted octanol–water partition coefficient (Wildman–Crippen LogP) is 7.23. The van der Waals surface area contributed by atoms with E-state index in [1.54, 1.807) is 0 Å². The molecule has 1 amide bonds. The first kappa shape index (κ1) is 24.8. The molecule has 1 fully saturated rings. The molecule has 8 heteroatoms. The van der Waals surface area contributed by atoms with Gasteiger partial charge in [-0.05, 0) is 102 Å². The Morgan fingerprint density at radius 3 is 2.53 bits per heavy atom. The summed E-state index contributed by atoms with van der Waals surface area (Å²) in [7, 11) is 0. The van der Waals surface area contributed by atoms with Crippen LogP contribution in [0.25, 0.3) is 6.08 Å². The van der Waals surface area contributed by atoms with Crippen molar-refractivity contribution in [1.29, 1.82) is 0 Å². The third-order valence-electron chi connectivity index (χ3n) is 4.84. The van der Waals surface area contributed by atoms with Crippen LogP contribution in [0.15, 0.2) is 75.0 Å². The van der Waals surface area contributed by atoms with Gasteiger partial charge in [0, 0.05) is 4.47 Å². The van der Waals surface area contributed by atoms with E-state index in [4.69, 9.17) is 9.47 Å².